The summed E-state index contributed by atoms with van der Waals surface area (Å²) in [5.41, 5.74) is 4.62. The molecule has 0 spiro atoms. The Morgan fingerprint density at radius 2 is 1.97 bits per heavy atom. The molecule has 0 N–H and O–H groups in total. The zero-order chi connectivity index (χ0) is 20.4. The number of carbonyl (C=O) groups is 1. The van der Waals surface area contributed by atoms with Crippen LogP contribution in [0.15, 0.2) is 48.5 Å². The van der Waals surface area contributed by atoms with Crippen molar-refractivity contribution in [3.8, 4) is 11.4 Å². The zero-order valence-electron chi connectivity index (χ0n) is 16.8. The molecule has 0 saturated heterocycles. The lowest BCUT2D eigenvalue weighted by molar-refractivity contribution is 0.0963. The maximum absolute atomic E-state index is 13.2. The lowest BCUT2D eigenvalue weighted by atomic mass is 9.81. The molecule has 0 saturated carbocycles. The molecular formula is C24H25ClN2O2. The van der Waals surface area contributed by atoms with Gasteiger partial charge in [0.05, 0.1) is 24.1 Å². The Labute approximate surface area is 176 Å². The SMILES string of the molecule is CCCCc1c2c(nn1-c1cc(Cl)ccc1OC)C[C@H](c1ccccc1)CC2=O. The van der Waals surface area contributed by atoms with Crippen LogP contribution >= 0.6 is 11.6 Å². The molecule has 0 amide bonds. The Kier molecular flexibility index (Phi) is 5.72. The van der Waals surface area contributed by atoms with Gasteiger partial charge in [-0.2, -0.15) is 5.10 Å². The van der Waals surface area contributed by atoms with Gasteiger partial charge in [-0.1, -0.05) is 55.3 Å². The van der Waals surface area contributed by atoms with Gasteiger partial charge in [-0.15, -0.1) is 0 Å². The lowest BCUT2D eigenvalue weighted by Crippen LogP contribution is -2.19. The number of unbranched alkanes of at least 4 members (excludes halogenated alkanes) is 1. The number of halogens is 1. The number of carbonyl (C=O) groups excluding carboxylic acids is 1. The first-order chi connectivity index (χ1) is 14.1. The average molecular weight is 409 g/mol. The Balaban J connectivity index is 1.83. The Bertz CT molecular complexity index is 1030. The highest BCUT2D eigenvalue weighted by Crippen LogP contribution is 2.37. The van der Waals surface area contributed by atoms with Crippen molar-refractivity contribution in [2.75, 3.05) is 7.11 Å². The first-order valence-electron chi connectivity index (χ1n) is 10.1. The summed E-state index contributed by atoms with van der Waals surface area (Å²) in [7, 11) is 1.64. The molecule has 5 heteroatoms. The minimum Gasteiger partial charge on any atom is -0.494 e. The molecule has 0 radical (unpaired) electrons. The maximum atomic E-state index is 13.2. The molecular weight excluding hydrogens is 384 g/mol. The van der Waals surface area contributed by atoms with E-state index in [1.54, 1.807) is 13.2 Å². The van der Waals surface area contributed by atoms with Crippen LogP contribution in [-0.2, 0) is 12.8 Å². The van der Waals surface area contributed by atoms with E-state index in [4.69, 9.17) is 21.4 Å². The molecule has 0 aliphatic heterocycles. The largest absolute Gasteiger partial charge is 0.494 e. The van der Waals surface area contributed by atoms with E-state index in [1.807, 2.05) is 35.0 Å². The van der Waals surface area contributed by atoms with Crippen LogP contribution in [0.2, 0.25) is 5.02 Å². The maximum Gasteiger partial charge on any atom is 0.167 e. The number of hydrogen-bond acceptors (Lipinski definition) is 3. The van der Waals surface area contributed by atoms with Gasteiger partial charge in [0.2, 0.25) is 0 Å². The van der Waals surface area contributed by atoms with Crippen LogP contribution < -0.4 is 4.74 Å². The number of ether oxygens (including phenoxy) is 1. The molecule has 1 aliphatic carbocycles. The van der Waals surface area contributed by atoms with Gasteiger partial charge in [0, 0.05) is 11.4 Å². The van der Waals surface area contributed by atoms with Crippen molar-refractivity contribution in [2.24, 2.45) is 0 Å². The third-order valence-corrected chi connectivity index (χ3v) is 5.85. The Hall–Kier alpha value is -2.59. The van der Waals surface area contributed by atoms with E-state index in [9.17, 15) is 4.79 Å². The van der Waals surface area contributed by atoms with E-state index in [0.717, 1.165) is 48.3 Å². The van der Waals surface area contributed by atoms with E-state index in [0.29, 0.717) is 17.2 Å². The third kappa shape index (κ3) is 3.82. The average Bonchev–Trinajstić information content (AvgIpc) is 3.11. The van der Waals surface area contributed by atoms with E-state index in [1.165, 1.54) is 5.56 Å². The highest BCUT2D eigenvalue weighted by molar-refractivity contribution is 6.30. The summed E-state index contributed by atoms with van der Waals surface area (Å²) in [6, 6.07) is 15.7. The summed E-state index contributed by atoms with van der Waals surface area (Å²) in [5.74, 6) is 1.04. The quantitative estimate of drug-likeness (QED) is 0.518. The topological polar surface area (TPSA) is 44.1 Å². The van der Waals surface area contributed by atoms with E-state index in [2.05, 4.69) is 19.1 Å². The van der Waals surface area contributed by atoms with Gasteiger partial charge in [-0.25, -0.2) is 4.68 Å². The van der Waals surface area contributed by atoms with Crippen LogP contribution in [0.5, 0.6) is 5.75 Å². The van der Waals surface area contributed by atoms with Gasteiger partial charge in [-0.05, 0) is 48.9 Å². The van der Waals surface area contributed by atoms with Gasteiger partial charge in [0.1, 0.15) is 11.4 Å². The smallest absolute Gasteiger partial charge is 0.167 e. The van der Waals surface area contributed by atoms with Crippen LogP contribution in [0.1, 0.15) is 59.4 Å². The number of benzene rings is 2. The van der Waals surface area contributed by atoms with Crippen molar-refractivity contribution in [1.29, 1.82) is 0 Å². The second kappa shape index (κ2) is 8.42. The van der Waals surface area contributed by atoms with Crippen molar-refractivity contribution in [1.82, 2.24) is 9.78 Å². The second-order valence-corrected chi connectivity index (χ2v) is 7.98. The number of aromatic nitrogens is 2. The van der Waals surface area contributed by atoms with E-state index in [-0.39, 0.29) is 11.7 Å². The molecule has 0 fully saturated rings. The molecule has 0 unspecified atom stereocenters. The number of ketones is 1. The highest BCUT2D eigenvalue weighted by Gasteiger charge is 2.33. The first-order valence-corrected chi connectivity index (χ1v) is 10.5. The molecule has 29 heavy (non-hydrogen) atoms. The van der Waals surface area contributed by atoms with Gasteiger partial charge < -0.3 is 4.74 Å². The fraction of sp³-hybridized carbons (Fsp3) is 0.333. The van der Waals surface area contributed by atoms with Gasteiger partial charge >= 0.3 is 0 Å². The normalized spacial score (nSPS) is 16.0. The standard InChI is InChI=1S/C24H25ClN2O2/c1-3-4-10-20-24-19(13-17(14-22(24)28)16-8-6-5-7-9-16)26-27(20)21-15-18(25)11-12-23(21)29-2/h5-9,11-12,15,17H,3-4,10,13-14H2,1-2H3/t17-/m0/s1. The molecule has 1 atom stereocenters. The summed E-state index contributed by atoms with van der Waals surface area (Å²) < 4.78 is 7.44. The molecule has 0 bridgehead atoms. The predicted octanol–water partition coefficient (Wildman–Crippen LogP) is 5.79. The van der Waals surface area contributed by atoms with Crippen molar-refractivity contribution in [2.45, 2.75) is 44.9 Å². The first kappa shape index (κ1) is 19.7. The molecule has 4 nitrogen and oxygen atoms in total. The van der Waals surface area contributed by atoms with Crippen molar-refractivity contribution in [3.05, 3.63) is 76.1 Å². The molecule has 150 valence electrons. The third-order valence-electron chi connectivity index (χ3n) is 5.61. The van der Waals surface area contributed by atoms with Crippen molar-refractivity contribution < 1.29 is 9.53 Å². The van der Waals surface area contributed by atoms with Gasteiger partial charge in [-0.3, -0.25) is 4.79 Å². The molecule has 4 rings (SSSR count). The van der Waals surface area contributed by atoms with E-state index < -0.39 is 0 Å². The monoisotopic (exact) mass is 408 g/mol. The molecule has 1 aliphatic rings. The number of hydrogen-bond donors (Lipinski definition) is 0. The van der Waals surface area contributed by atoms with Gasteiger partial charge in [0.25, 0.3) is 0 Å². The Morgan fingerprint density at radius 1 is 1.17 bits per heavy atom. The Morgan fingerprint density at radius 3 is 2.69 bits per heavy atom. The van der Waals surface area contributed by atoms with Crippen molar-refractivity contribution in [3.63, 3.8) is 0 Å². The van der Waals surface area contributed by atoms with E-state index >= 15 is 0 Å². The zero-order valence-corrected chi connectivity index (χ0v) is 17.6. The number of methoxy groups -OCH3 is 1. The van der Waals surface area contributed by atoms with Gasteiger partial charge in [0.15, 0.2) is 5.78 Å². The summed E-state index contributed by atoms with van der Waals surface area (Å²) in [5, 5.41) is 5.52. The fourth-order valence-electron chi connectivity index (χ4n) is 4.16. The number of nitrogens with zero attached hydrogens (tertiary/aromatic N) is 2. The predicted molar refractivity (Wildman–Crippen MR) is 116 cm³/mol. The molecule has 2 aromatic carbocycles. The molecule has 1 aromatic heterocycles. The summed E-state index contributed by atoms with van der Waals surface area (Å²) >= 11 is 6.28. The molecule has 3 aromatic rings. The summed E-state index contributed by atoms with van der Waals surface area (Å²) in [6.07, 6.45) is 4.13. The second-order valence-electron chi connectivity index (χ2n) is 7.54. The minimum atomic E-state index is 0.167. The number of rotatable bonds is 6. The van der Waals surface area contributed by atoms with Crippen molar-refractivity contribution >= 4 is 17.4 Å². The lowest BCUT2D eigenvalue weighted by Gasteiger charge is -2.21. The number of Topliss-reactive ketones (excluding diaryl/α,β-unsaturated/α-hetero) is 1. The van der Waals surface area contributed by atoms with Crippen LogP contribution in [0.4, 0.5) is 0 Å². The molecule has 1 heterocycles. The summed E-state index contributed by atoms with van der Waals surface area (Å²) in [4.78, 5) is 13.2. The fourth-order valence-corrected chi connectivity index (χ4v) is 4.33. The minimum absolute atomic E-state index is 0.167. The summed E-state index contributed by atoms with van der Waals surface area (Å²) in [6.45, 7) is 2.15. The van der Waals surface area contributed by atoms with Crippen LogP contribution in [0.3, 0.4) is 0 Å². The highest BCUT2D eigenvalue weighted by atomic mass is 35.5. The van der Waals surface area contributed by atoms with Crippen LogP contribution in [-0.4, -0.2) is 22.7 Å². The van der Waals surface area contributed by atoms with Crippen LogP contribution in [0, 0.1) is 0 Å². The number of fused-ring (bicyclic) bond motifs is 1. The van der Waals surface area contributed by atoms with Crippen LogP contribution in [0.25, 0.3) is 5.69 Å².